The molecule has 34 heavy (non-hydrogen) atoms. The quantitative estimate of drug-likeness (QED) is 0.546. The molecule has 3 N–H and O–H groups in total. The zero-order chi connectivity index (χ0) is 25.3. The fourth-order valence-corrected chi connectivity index (χ4v) is 2.96. The minimum atomic E-state index is -0.540. The van der Waals surface area contributed by atoms with Crippen LogP contribution >= 0.6 is 0 Å². The van der Waals surface area contributed by atoms with Crippen molar-refractivity contribution in [2.45, 2.75) is 71.8 Å². The number of alkyl carbamates (subject to hydrolysis) is 1. The van der Waals surface area contributed by atoms with E-state index in [1.165, 1.54) is 6.20 Å². The van der Waals surface area contributed by atoms with E-state index in [2.05, 4.69) is 35.6 Å². The van der Waals surface area contributed by atoms with Crippen LogP contribution in [0, 0.1) is 0 Å². The topological polar surface area (TPSA) is 160 Å². The summed E-state index contributed by atoms with van der Waals surface area (Å²) in [5.41, 5.74) is 5.95. The number of nitrogens with two attached hydrogens (primary N) is 1. The van der Waals surface area contributed by atoms with Crippen molar-refractivity contribution in [1.82, 2.24) is 40.2 Å². The molecule has 0 spiro atoms. The van der Waals surface area contributed by atoms with Crippen LogP contribution in [0.3, 0.4) is 0 Å². The van der Waals surface area contributed by atoms with E-state index in [0.29, 0.717) is 41.9 Å². The molecular weight excluding hydrogens is 438 g/mol. The second-order valence-electron chi connectivity index (χ2n) is 10.2. The first-order valence-electron chi connectivity index (χ1n) is 11.1. The van der Waals surface area contributed by atoms with Gasteiger partial charge in [-0.15, -0.1) is 10.2 Å². The van der Waals surface area contributed by atoms with Gasteiger partial charge in [0.2, 0.25) is 5.89 Å². The Morgan fingerprint density at radius 3 is 2.53 bits per heavy atom. The molecule has 12 heteroatoms. The van der Waals surface area contributed by atoms with Crippen LogP contribution < -0.4 is 11.1 Å². The first-order valence-corrected chi connectivity index (χ1v) is 11.1. The van der Waals surface area contributed by atoms with Gasteiger partial charge >= 0.3 is 6.09 Å². The fourth-order valence-electron chi connectivity index (χ4n) is 2.96. The van der Waals surface area contributed by atoms with Gasteiger partial charge in [0.1, 0.15) is 11.3 Å². The van der Waals surface area contributed by atoms with Crippen molar-refractivity contribution in [1.29, 1.82) is 0 Å². The third kappa shape index (κ3) is 6.06. The predicted molar refractivity (Wildman–Crippen MR) is 126 cm³/mol. The van der Waals surface area contributed by atoms with E-state index < -0.39 is 11.7 Å². The van der Waals surface area contributed by atoms with Crippen molar-refractivity contribution in [2.24, 2.45) is 7.05 Å². The van der Waals surface area contributed by atoms with Gasteiger partial charge in [0.25, 0.3) is 5.89 Å². The first-order chi connectivity index (χ1) is 15.7. The van der Waals surface area contributed by atoms with E-state index in [0.717, 1.165) is 0 Å². The summed E-state index contributed by atoms with van der Waals surface area (Å²) in [4.78, 5) is 25.3. The average molecular weight is 472 g/mol. The van der Waals surface area contributed by atoms with Crippen molar-refractivity contribution >= 4 is 11.9 Å². The zero-order valence-corrected chi connectivity index (χ0v) is 21.0. The Morgan fingerprint density at radius 2 is 1.91 bits per heavy atom. The van der Waals surface area contributed by atoms with E-state index in [1.807, 2.05) is 48.5 Å². The molecule has 12 nitrogen and oxygen atoms in total. The number of carbonyl (C=O) groups is 1. The summed E-state index contributed by atoms with van der Waals surface area (Å²) in [5, 5.41) is 15.5. The summed E-state index contributed by atoms with van der Waals surface area (Å²) in [7, 11) is 1.78. The predicted octanol–water partition coefficient (Wildman–Crippen LogP) is 3.22. The van der Waals surface area contributed by atoms with Crippen LogP contribution in [0.2, 0.25) is 0 Å². The molecule has 1 atom stereocenters. The number of nitrogens with one attached hydrogen (secondary N) is 1. The van der Waals surface area contributed by atoms with Gasteiger partial charge in [0, 0.05) is 24.9 Å². The number of nitrogen functional groups attached to an aromatic ring is 1. The Morgan fingerprint density at radius 1 is 1.21 bits per heavy atom. The molecule has 3 heterocycles. The number of nitrogens with zero attached hydrogens (tertiary/aromatic N) is 7. The van der Waals surface area contributed by atoms with Crippen LogP contribution in [0.25, 0.3) is 23.1 Å². The minimum Gasteiger partial charge on any atom is -0.444 e. The Hall–Kier alpha value is -3.57. The molecule has 0 aliphatic rings. The van der Waals surface area contributed by atoms with Gasteiger partial charge in [0.15, 0.2) is 23.2 Å². The Balaban J connectivity index is 1.75. The van der Waals surface area contributed by atoms with Gasteiger partial charge in [-0.25, -0.2) is 24.4 Å². The molecule has 1 amide bonds. The van der Waals surface area contributed by atoms with Gasteiger partial charge in [-0.1, -0.05) is 27.7 Å². The summed E-state index contributed by atoms with van der Waals surface area (Å²) in [5.74, 6) is 1.98. The van der Waals surface area contributed by atoms with Crippen LogP contribution in [0.4, 0.5) is 10.6 Å². The van der Waals surface area contributed by atoms with Crippen molar-refractivity contribution < 1.29 is 13.9 Å². The van der Waals surface area contributed by atoms with E-state index in [-0.39, 0.29) is 23.0 Å². The van der Waals surface area contributed by atoms with Crippen molar-refractivity contribution in [3.8, 4) is 23.1 Å². The number of amides is 1. The summed E-state index contributed by atoms with van der Waals surface area (Å²) >= 11 is 0. The summed E-state index contributed by atoms with van der Waals surface area (Å²) in [6.45, 7) is 13.8. The Labute approximate surface area is 198 Å². The molecule has 0 saturated heterocycles. The number of hydrogen-bond acceptors (Lipinski definition) is 10. The highest BCUT2D eigenvalue weighted by Gasteiger charge is 2.25. The molecule has 0 bridgehead atoms. The second-order valence-corrected chi connectivity index (χ2v) is 10.2. The lowest BCUT2D eigenvalue weighted by Gasteiger charge is -2.19. The molecule has 0 saturated carbocycles. The number of ether oxygens (including phenoxy) is 1. The van der Waals surface area contributed by atoms with Crippen molar-refractivity contribution in [2.75, 3.05) is 12.3 Å². The van der Waals surface area contributed by atoms with Gasteiger partial charge in [0.05, 0.1) is 6.20 Å². The smallest absolute Gasteiger partial charge is 0.407 e. The van der Waals surface area contributed by atoms with Crippen LogP contribution in [0.1, 0.15) is 72.5 Å². The highest BCUT2D eigenvalue weighted by molar-refractivity contribution is 5.67. The largest absolute Gasteiger partial charge is 0.444 e. The maximum atomic E-state index is 11.8. The van der Waals surface area contributed by atoms with Gasteiger partial charge in [-0.05, 0) is 27.2 Å². The zero-order valence-electron chi connectivity index (χ0n) is 21.0. The third-order valence-electron chi connectivity index (χ3n) is 4.76. The van der Waals surface area contributed by atoms with Gasteiger partial charge < -0.3 is 20.2 Å². The van der Waals surface area contributed by atoms with Crippen molar-refractivity contribution in [3.63, 3.8) is 0 Å². The van der Waals surface area contributed by atoms with E-state index >= 15 is 0 Å². The number of aromatic nitrogens is 7. The maximum absolute atomic E-state index is 11.8. The van der Waals surface area contributed by atoms with Crippen LogP contribution in [0.15, 0.2) is 10.6 Å². The van der Waals surface area contributed by atoms with Crippen molar-refractivity contribution in [3.05, 3.63) is 17.9 Å². The summed E-state index contributed by atoms with van der Waals surface area (Å²) in [6.07, 6.45) is 1.72. The summed E-state index contributed by atoms with van der Waals surface area (Å²) in [6, 6.07) is 0. The van der Waals surface area contributed by atoms with Crippen LogP contribution in [-0.2, 0) is 17.2 Å². The SMILES string of the molecule is CC(CCNC(=O)OC(C)(C)C)c1nc(-c2cnc(N)c(-c3nnc(C(C)(C)C)o3)n2)n(C)n1. The number of hydrogen-bond donors (Lipinski definition) is 2. The first kappa shape index (κ1) is 25.1. The monoisotopic (exact) mass is 471 g/mol. The normalized spacial score (nSPS) is 13.1. The molecule has 3 aromatic rings. The number of carbonyl (C=O) groups excluding carboxylic acids is 1. The number of anilines is 1. The highest BCUT2D eigenvalue weighted by Crippen LogP contribution is 2.28. The third-order valence-corrected chi connectivity index (χ3v) is 4.76. The molecule has 3 aromatic heterocycles. The molecule has 3 rings (SSSR count). The second kappa shape index (κ2) is 9.35. The lowest BCUT2D eigenvalue weighted by atomic mass is 9.97. The molecule has 0 aromatic carbocycles. The average Bonchev–Trinajstić information content (AvgIpc) is 3.34. The van der Waals surface area contributed by atoms with Crippen LogP contribution in [-0.4, -0.2) is 53.2 Å². The lowest BCUT2D eigenvalue weighted by molar-refractivity contribution is 0.0526. The van der Waals surface area contributed by atoms with Gasteiger partial charge in [-0.2, -0.15) is 5.10 Å². The molecule has 0 aliphatic heterocycles. The van der Waals surface area contributed by atoms with E-state index in [9.17, 15) is 4.79 Å². The Kier molecular flexibility index (Phi) is 6.89. The van der Waals surface area contributed by atoms with Crippen LogP contribution in [0.5, 0.6) is 0 Å². The molecule has 0 fully saturated rings. The number of aryl methyl sites for hydroxylation is 1. The summed E-state index contributed by atoms with van der Waals surface area (Å²) < 4.78 is 12.7. The molecule has 1 unspecified atom stereocenters. The van der Waals surface area contributed by atoms with E-state index in [1.54, 1.807) is 11.7 Å². The van der Waals surface area contributed by atoms with E-state index in [4.69, 9.17) is 14.9 Å². The fraction of sp³-hybridized carbons (Fsp3) is 0.591. The molecule has 184 valence electrons. The maximum Gasteiger partial charge on any atom is 0.407 e. The number of rotatable bonds is 6. The standard InChI is InChI=1S/C22H33N9O3/c1-12(9-10-24-20(32)34-22(5,6)7)16-27-17(31(8)30-16)13-11-25-15(23)14(26-13)18-28-29-19(33-18)21(2,3)4/h11-12H,9-10H2,1-8H3,(H2,23,25)(H,24,32). The minimum absolute atomic E-state index is 0.0126. The molecular formula is C22H33N9O3. The highest BCUT2D eigenvalue weighted by atomic mass is 16.6. The Bertz CT molecular complexity index is 1160. The van der Waals surface area contributed by atoms with Gasteiger partial charge in [-0.3, -0.25) is 0 Å². The lowest BCUT2D eigenvalue weighted by Crippen LogP contribution is -2.33. The molecule has 0 radical (unpaired) electrons. The molecule has 0 aliphatic carbocycles.